The fourth-order valence-electron chi connectivity index (χ4n) is 2.44. The predicted molar refractivity (Wildman–Crippen MR) is 117 cm³/mol. The van der Waals surface area contributed by atoms with Crippen LogP contribution in [-0.2, 0) is 17.1 Å². The van der Waals surface area contributed by atoms with Gasteiger partial charge in [-0.2, -0.15) is 12.1 Å². The van der Waals surface area contributed by atoms with Crippen molar-refractivity contribution in [1.29, 1.82) is 0 Å². The quantitative estimate of drug-likeness (QED) is 0.226. The molecular formula is C22H21Cl2FeP-6. The molecule has 0 aliphatic carbocycles. The van der Waals surface area contributed by atoms with Gasteiger partial charge in [-0.1, -0.05) is 68.6 Å². The Hall–Kier alpha value is -1.33. The normalized spacial score (nSPS) is 8.96. The number of halogens is 2. The van der Waals surface area contributed by atoms with Crippen LogP contribution in [0.5, 0.6) is 0 Å². The van der Waals surface area contributed by atoms with Crippen LogP contribution >= 0.6 is 32.7 Å². The molecule has 0 N–H and O–H groups in total. The molecule has 26 heavy (non-hydrogen) atoms. The second-order valence-corrected chi connectivity index (χ2v) is 7.33. The summed E-state index contributed by atoms with van der Waals surface area (Å²) < 4.78 is 0. The third kappa shape index (κ3) is 7.12. The number of benzene rings is 2. The van der Waals surface area contributed by atoms with E-state index in [9.17, 15) is 0 Å². The Labute approximate surface area is 180 Å². The minimum Gasteiger partial charge on any atom is -0.748 e. The molecule has 0 aliphatic rings. The van der Waals surface area contributed by atoms with Gasteiger partial charge in [0.1, 0.15) is 0 Å². The van der Waals surface area contributed by atoms with Crippen molar-refractivity contribution in [3.8, 4) is 0 Å². The molecule has 0 spiro atoms. The average molecular weight is 443 g/mol. The van der Waals surface area contributed by atoms with Gasteiger partial charge in [0.2, 0.25) is 0 Å². The third-order valence-electron chi connectivity index (χ3n) is 3.49. The van der Waals surface area contributed by atoms with E-state index in [0.717, 1.165) is 0 Å². The second kappa shape index (κ2) is 13.8. The van der Waals surface area contributed by atoms with Crippen molar-refractivity contribution in [2.75, 3.05) is 0 Å². The number of hydrogen-bond acceptors (Lipinski definition) is 0. The Morgan fingerprint density at radius 3 is 1.23 bits per heavy atom. The molecule has 0 aliphatic heterocycles. The first-order chi connectivity index (χ1) is 11.4. The molecule has 0 heterocycles. The summed E-state index contributed by atoms with van der Waals surface area (Å²) in [6.07, 6.45) is 0. The minimum atomic E-state index is -0.409. The van der Waals surface area contributed by atoms with Gasteiger partial charge in [-0.3, -0.25) is 0 Å². The zero-order valence-electron chi connectivity index (χ0n) is 14.1. The summed E-state index contributed by atoms with van der Waals surface area (Å²) in [5, 5.41) is 4.23. The van der Waals surface area contributed by atoms with Crippen LogP contribution in [0.2, 0.25) is 0 Å². The Kier molecular flexibility index (Phi) is 13.1. The minimum absolute atomic E-state index is 0. The molecular weight excluding hydrogens is 422 g/mol. The van der Waals surface area contributed by atoms with Gasteiger partial charge in [0.25, 0.3) is 0 Å². The number of hydrogen-bond donors (Lipinski definition) is 0. The van der Waals surface area contributed by atoms with Gasteiger partial charge in [0.05, 0.1) is 0 Å². The molecule has 0 aromatic heterocycles. The van der Waals surface area contributed by atoms with Crippen molar-refractivity contribution in [2.24, 2.45) is 0 Å². The monoisotopic (exact) mass is 442 g/mol. The molecule has 4 aromatic rings. The van der Waals surface area contributed by atoms with Gasteiger partial charge in [-0.15, -0.1) is 30.1 Å². The van der Waals surface area contributed by atoms with E-state index in [4.69, 9.17) is 0 Å². The molecule has 0 amide bonds. The summed E-state index contributed by atoms with van der Waals surface area (Å²) in [5.74, 6) is 0. The molecule has 0 saturated heterocycles. The molecule has 4 aromatic carbocycles. The zero-order chi connectivity index (χ0) is 15.7. The van der Waals surface area contributed by atoms with E-state index in [1.54, 1.807) is 0 Å². The maximum Gasteiger partial charge on any atom is 0 e. The SMILES string of the molecule is Cl.Cl.[Fe].[cH-]1[cH-][cH-][cH-][cH-]1.c1ccc(P(c2ccccc2)[c-]2cccc2)cc1. The fraction of sp³-hybridized carbons (Fsp3) is 0. The fourth-order valence-corrected chi connectivity index (χ4v) is 4.74. The Bertz CT molecular complexity index is 713. The molecule has 0 radical (unpaired) electrons. The van der Waals surface area contributed by atoms with Crippen LogP contribution in [0.4, 0.5) is 0 Å². The summed E-state index contributed by atoms with van der Waals surface area (Å²) in [5.41, 5.74) is 0. The van der Waals surface area contributed by atoms with E-state index in [0.29, 0.717) is 0 Å². The summed E-state index contributed by atoms with van der Waals surface area (Å²) in [4.78, 5) is 0. The molecule has 0 fully saturated rings. The van der Waals surface area contributed by atoms with E-state index < -0.39 is 7.92 Å². The molecule has 142 valence electrons. The first-order valence-electron chi connectivity index (χ1n) is 7.74. The van der Waals surface area contributed by atoms with Gasteiger partial charge in [0, 0.05) is 17.1 Å². The van der Waals surface area contributed by atoms with E-state index in [2.05, 4.69) is 84.9 Å². The van der Waals surface area contributed by atoms with Crippen LogP contribution in [0.1, 0.15) is 0 Å². The molecule has 0 unspecified atom stereocenters. The average Bonchev–Trinajstić information content (AvgIpc) is 3.34. The maximum absolute atomic E-state index is 2.23. The Morgan fingerprint density at radius 2 is 0.885 bits per heavy atom. The maximum atomic E-state index is 2.23. The van der Waals surface area contributed by atoms with Crippen molar-refractivity contribution in [3.63, 3.8) is 0 Å². The molecule has 4 rings (SSSR count). The first-order valence-corrected chi connectivity index (χ1v) is 9.08. The van der Waals surface area contributed by atoms with Crippen LogP contribution in [0.25, 0.3) is 0 Å². The summed E-state index contributed by atoms with van der Waals surface area (Å²) >= 11 is 0. The van der Waals surface area contributed by atoms with Crippen molar-refractivity contribution in [1.82, 2.24) is 0 Å². The molecule has 0 bridgehead atoms. The van der Waals surface area contributed by atoms with Crippen molar-refractivity contribution in [3.05, 3.63) is 115 Å². The van der Waals surface area contributed by atoms with Gasteiger partial charge < -0.3 is 30.3 Å². The second-order valence-electron chi connectivity index (χ2n) is 5.11. The number of rotatable bonds is 3. The standard InChI is InChI=1S/C17H14P.C5H5.2ClH.Fe/c1-3-9-15(10-4-1)18(17-13-7-8-14-17)16-11-5-2-6-12-16;1-2-4-5-3-1;;;/h1-14H;1-5H;2*1H;/q-1;-5;;;. The van der Waals surface area contributed by atoms with Crippen molar-refractivity contribution < 1.29 is 17.1 Å². The van der Waals surface area contributed by atoms with E-state index in [-0.39, 0.29) is 41.9 Å². The van der Waals surface area contributed by atoms with Crippen LogP contribution in [0.3, 0.4) is 0 Å². The van der Waals surface area contributed by atoms with E-state index >= 15 is 0 Å². The van der Waals surface area contributed by atoms with Crippen LogP contribution in [0.15, 0.2) is 115 Å². The molecule has 0 nitrogen and oxygen atoms in total. The van der Waals surface area contributed by atoms with Crippen molar-refractivity contribution in [2.45, 2.75) is 0 Å². The third-order valence-corrected chi connectivity index (χ3v) is 5.93. The predicted octanol–water partition coefficient (Wildman–Crippen LogP) is 5.41. The summed E-state index contributed by atoms with van der Waals surface area (Å²) in [6.45, 7) is 0. The Balaban J connectivity index is 0.000000685. The van der Waals surface area contributed by atoms with Gasteiger partial charge in [-0.25, -0.2) is 12.1 Å². The van der Waals surface area contributed by atoms with E-state index in [1.807, 2.05) is 30.3 Å². The molecule has 4 heteroatoms. The van der Waals surface area contributed by atoms with Gasteiger partial charge in [0.15, 0.2) is 0 Å². The zero-order valence-corrected chi connectivity index (χ0v) is 17.7. The topological polar surface area (TPSA) is 0 Å². The van der Waals surface area contributed by atoms with Crippen molar-refractivity contribution >= 4 is 48.6 Å². The van der Waals surface area contributed by atoms with E-state index in [1.165, 1.54) is 15.9 Å². The summed E-state index contributed by atoms with van der Waals surface area (Å²) in [7, 11) is -0.409. The van der Waals surface area contributed by atoms with Crippen LogP contribution in [-0.4, -0.2) is 0 Å². The van der Waals surface area contributed by atoms with Gasteiger partial charge >= 0.3 is 0 Å². The van der Waals surface area contributed by atoms with Crippen LogP contribution in [0, 0.1) is 0 Å². The van der Waals surface area contributed by atoms with Crippen LogP contribution < -0.4 is 15.9 Å². The van der Waals surface area contributed by atoms with Gasteiger partial charge in [-0.05, 0) is 10.6 Å². The molecule has 0 saturated carbocycles. The largest absolute Gasteiger partial charge is 0.748 e. The smallest absolute Gasteiger partial charge is 0 e. The summed E-state index contributed by atoms with van der Waals surface area (Å²) in [6, 6.07) is 40.2. The first kappa shape index (κ1) is 24.7. The molecule has 0 atom stereocenters. The Morgan fingerprint density at radius 1 is 0.538 bits per heavy atom.